The Bertz CT molecular complexity index is 336. The molecule has 1 fully saturated rings. The molecule has 1 atom stereocenters. The molecule has 16 heavy (non-hydrogen) atoms. The number of carbonyl (C=O) groups excluding carboxylic acids is 2. The van der Waals surface area contributed by atoms with E-state index in [1.807, 2.05) is 6.92 Å². The van der Waals surface area contributed by atoms with Crippen molar-refractivity contribution in [3.8, 4) is 0 Å². The minimum absolute atomic E-state index is 0.0235. The van der Waals surface area contributed by atoms with Gasteiger partial charge in [-0.2, -0.15) is 0 Å². The van der Waals surface area contributed by atoms with Crippen LogP contribution in [-0.2, 0) is 19.0 Å². The second-order valence-electron chi connectivity index (χ2n) is 4.81. The van der Waals surface area contributed by atoms with Gasteiger partial charge in [0.2, 0.25) is 5.91 Å². The van der Waals surface area contributed by atoms with Crippen LogP contribution in [0.5, 0.6) is 0 Å². The molecule has 0 N–H and O–H groups in total. The molecule has 0 radical (unpaired) electrons. The molecule has 0 bridgehead atoms. The van der Waals surface area contributed by atoms with Crippen LogP contribution in [0.4, 0.5) is 0 Å². The van der Waals surface area contributed by atoms with Crippen molar-refractivity contribution in [2.24, 2.45) is 5.92 Å². The zero-order valence-electron chi connectivity index (χ0n) is 9.93. The summed E-state index contributed by atoms with van der Waals surface area (Å²) in [6, 6.07) is 0. The number of carbonyl (C=O) groups is 2. The molecule has 5 nitrogen and oxygen atoms in total. The van der Waals surface area contributed by atoms with Crippen LogP contribution >= 0.6 is 7.14 Å². The SMILES string of the molecule is CC1CON(CC(=O)CP(C)(C)=O)C(=O)C1. The van der Waals surface area contributed by atoms with E-state index in [1.54, 1.807) is 13.3 Å². The Kier molecular flexibility index (Phi) is 4.28. The molecule has 1 aliphatic rings. The molecule has 0 aromatic heterocycles. The summed E-state index contributed by atoms with van der Waals surface area (Å²) in [4.78, 5) is 28.2. The number of hydrogen-bond acceptors (Lipinski definition) is 4. The first-order chi connectivity index (χ1) is 7.28. The Morgan fingerprint density at radius 1 is 1.56 bits per heavy atom. The molecule has 0 aliphatic carbocycles. The van der Waals surface area contributed by atoms with E-state index in [-0.39, 0.29) is 30.3 Å². The molecule has 0 aromatic carbocycles. The number of rotatable bonds is 4. The van der Waals surface area contributed by atoms with E-state index in [9.17, 15) is 14.2 Å². The molecule has 1 heterocycles. The van der Waals surface area contributed by atoms with Crippen molar-refractivity contribution in [3.63, 3.8) is 0 Å². The molecule has 1 amide bonds. The summed E-state index contributed by atoms with van der Waals surface area (Å²) in [5, 5.41) is 1.10. The van der Waals surface area contributed by atoms with Crippen molar-refractivity contribution in [2.75, 3.05) is 32.6 Å². The van der Waals surface area contributed by atoms with E-state index in [0.29, 0.717) is 13.0 Å². The topological polar surface area (TPSA) is 63.7 Å². The van der Waals surface area contributed by atoms with Gasteiger partial charge >= 0.3 is 0 Å². The molecule has 92 valence electrons. The maximum Gasteiger partial charge on any atom is 0.246 e. The van der Waals surface area contributed by atoms with Gasteiger partial charge < -0.3 is 4.57 Å². The Morgan fingerprint density at radius 2 is 2.19 bits per heavy atom. The lowest BCUT2D eigenvalue weighted by molar-refractivity contribution is -0.205. The Hall–Kier alpha value is -0.670. The molecular formula is C10H18NO4P. The van der Waals surface area contributed by atoms with Crippen LogP contribution in [0.15, 0.2) is 0 Å². The van der Waals surface area contributed by atoms with Crippen LogP contribution in [0.1, 0.15) is 13.3 Å². The van der Waals surface area contributed by atoms with Crippen molar-refractivity contribution >= 4 is 18.8 Å². The third-order valence-electron chi connectivity index (χ3n) is 2.19. The number of amides is 1. The highest BCUT2D eigenvalue weighted by Gasteiger charge is 2.27. The minimum Gasteiger partial charge on any atom is -0.324 e. The molecule has 0 spiro atoms. The van der Waals surface area contributed by atoms with Crippen LogP contribution in [0.3, 0.4) is 0 Å². The Balaban J connectivity index is 2.46. The van der Waals surface area contributed by atoms with Crippen LogP contribution in [0.25, 0.3) is 0 Å². The van der Waals surface area contributed by atoms with E-state index in [1.165, 1.54) is 0 Å². The summed E-state index contributed by atoms with van der Waals surface area (Å²) >= 11 is 0. The molecule has 1 rings (SSSR count). The van der Waals surface area contributed by atoms with Gasteiger partial charge in [0, 0.05) is 6.42 Å². The monoisotopic (exact) mass is 247 g/mol. The van der Waals surface area contributed by atoms with Gasteiger partial charge in [0.05, 0.1) is 19.9 Å². The Morgan fingerprint density at radius 3 is 2.69 bits per heavy atom. The molecule has 0 aromatic rings. The van der Waals surface area contributed by atoms with Gasteiger partial charge in [-0.15, -0.1) is 0 Å². The van der Waals surface area contributed by atoms with E-state index in [2.05, 4.69) is 0 Å². The normalized spacial score (nSPS) is 22.3. The third-order valence-corrected chi connectivity index (χ3v) is 3.31. The number of ketones is 1. The third kappa shape index (κ3) is 4.45. The Labute approximate surface area is 95.5 Å². The van der Waals surface area contributed by atoms with Gasteiger partial charge in [0.15, 0.2) is 5.78 Å². The van der Waals surface area contributed by atoms with Crippen LogP contribution in [0.2, 0.25) is 0 Å². The highest BCUT2D eigenvalue weighted by atomic mass is 31.2. The first-order valence-corrected chi connectivity index (χ1v) is 8.05. The van der Waals surface area contributed by atoms with Gasteiger partial charge in [0.25, 0.3) is 0 Å². The standard InChI is InChI=1S/C10H18NO4P/c1-8-4-10(13)11(15-6-8)5-9(12)7-16(2,3)14/h8H,4-7H2,1-3H3. The van der Waals surface area contributed by atoms with Gasteiger partial charge in [-0.25, -0.2) is 5.06 Å². The fourth-order valence-electron chi connectivity index (χ4n) is 1.52. The number of hydroxylamine groups is 2. The predicted molar refractivity (Wildman–Crippen MR) is 60.8 cm³/mol. The smallest absolute Gasteiger partial charge is 0.246 e. The molecule has 6 heteroatoms. The predicted octanol–water partition coefficient (Wildman–Crippen LogP) is 0.978. The summed E-state index contributed by atoms with van der Waals surface area (Å²) in [6.07, 6.45) is 0.429. The summed E-state index contributed by atoms with van der Waals surface area (Å²) < 4.78 is 11.4. The molecule has 1 saturated heterocycles. The van der Waals surface area contributed by atoms with Gasteiger partial charge in [0.1, 0.15) is 6.54 Å². The first kappa shape index (κ1) is 13.4. The van der Waals surface area contributed by atoms with E-state index in [0.717, 1.165) is 5.06 Å². The van der Waals surface area contributed by atoms with Crippen molar-refractivity contribution in [1.82, 2.24) is 5.06 Å². The number of hydrogen-bond donors (Lipinski definition) is 0. The van der Waals surface area contributed by atoms with Gasteiger partial charge in [-0.3, -0.25) is 14.4 Å². The van der Waals surface area contributed by atoms with Crippen molar-refractivity contribution in [3.05, 3.63) is 0 Å². The van der Waals surface area contributed by atoms with Crippen LogP contribution in [-0.4, -0.2) is 49.4 Å². The highest BCUT2D eigenvalue weighted by Crippen LogP contribution is 2.35. The molecule has 1 aliphatic heterocycles. The minimum atomic E-state index is -2.36. The number of nitrogens with zero attached hydrogens (tertiary/aromatic N) is 1. The van der Waals surface area contributed by atoms with Crippen molar-refractivity contribution in [1.29, 1.82) is 0 Å². The van der Waals surface area contributed by atoms with E-state index in [4.69, 9.17) is 4.84 Å². The van der Waals surface area contributed by atoms with E-state index < -0.39 is 7.14 Å². The quantitative estimate of drug-likeness (QED) is 0.695. The average Bonchev–Trinajstić information content (AvgIpc) is 2.06. The number of Topliss-reactive ketones (excluding diaryl/α,β-unsaturated/α-hetero) is 1. The summed E-state index contributed by atoms with van der Waals surface area (Å²) in [5.74, 6) is -0.187. The van der Waals surface area contributed by atoms with Crippen LogP contribution in [0, 0.1) is 5.92 Å². The van der Waals surface area contributed by atoms with Gasteiger partial charge in [-0.05, 0) is 19.2 Å². The van der Waals surface area contributed by atoms with Gasteiger partial charge in [-0.1, -0.05) is 6.92 Å². The fraction of sp³-hybridized carbons (Fsp3) is 0.800. The van der Waals surface area contributed by atoms with Crippen molar-refractivity contribution < 1.29 is 19.0 Å². The maximum absolute atomic E-state index is 11.5. The lowest BCUT2D eigenvalue weighted by atomic mass is 10.1. The highest BCUT2D eigenvalue weighted by molar-refractivity contribution is 7.63. The summed E-state index contributed by atoms with van der Waals surface area (Å²) in [6.45, 7) is 5.41. The summed E-state index contributed by atoms with van der Waals surface area (Å²) in [5.41, 5.74) is 0. The molecule has 0 saturated carbocycles. The lowest BCUT2D eigenvalue weighted by Gasteiger charge is -2.28. The summed E-state index contributed by atoms with van der Waals surface area (Å²) in [7, 11) is -2.36. The zero-order chi connectivity index (χ0) is 12.3. The molecule has 1 unspecified atom stereocenters. The fourth-order valence-corrected chi connectivity index (χ4v) is 2.47. The average molecular weight is 247 g/mol. The zero-order valence-corrected chi connectivity index (χ0v) is 10.8. The second kappa shape index (κ2) is 5.11. The van der Waals surface area contributed by atoms with Crippen LogP contribution < -0.4 is 0 Å². The second-order valence-corrected chi connectivity index (χ2v) is 8.27. The van der Waals surface area contributed by atoms with Crippen molar-refractivity contribution in [2.45, 2.75) is 13.3 Å². The first-order valence-electron chi connectivity index (χ1n) is 5.27. The largest absolute Gasteiger partial charge is 0.324 e. The molecular weight excluding hydrogens is 229 g/mol. The maximum atomic E-state index is 11.5. The van der Waals surface area contributed by atoms with E-state index >= 15 is 0 Å². The lowest BCUT2D eigenvalue weighted by Crippen LogP contribution is -2.42.